The molecule has 0 aromatic carbocycles. The zero-order chi connectivity index (χ0) is 9.12. The summed E-state index contributed by atoms with van der Waals surface area (Å²) in [5.74, 6) is -5.93. The summed E-state index contributed by atoms with van der Waals surface area (Å²) in [6.45, 7) is 1.99. The zero-order valence-corrected chi connectivity index (χ0v) is 6.28. The van der Waals surface area contributed by atoms with Crippen LogP contribution < -0.4 is 11.1 Å². The smallest absolute Gasteiger partial charge is 0.295 e. The summed E-state index contributed by atoms with van der Waals surface area (Å²) in [7, 11) is 0. The summed E-state index contributed by atoms with van der Waals surface area (Å²) < 4.78 is 0. The molecular formula is C5H14N2O4. The Morgan fingerprint density at radius 1 is 1.27 bits per heavy atom. The fourth-order valence-electron chi connectivity index (χ4n) is 0.429. The molecule has 0 fully saturated rings. The summed E-state index contributed by atoms with van der Waals surface area (Å²) in [4.78, 5) is 0. The Balaban J connectivity index is 4.00. The van der Waals surface area contributed by atoms with Gasteiger partial charge in [-0.3, -0.25) is 11.1 Å². The molecule has 0 radical (unpaired) electrons. The molecule has 0 amide bonds. The summed E-state index contributed by atoms with van der Waals surface area (Å²) in [6.07, 6.45) is 0.610. The predicted molar refractivity (Wildman–Crippen MR) is 36.8 cm³/mol. The molecular weight excluding hydrogens is 152 g/mol. The van der Waals surface area contributed by atoms with Crippen molar-refractivity contribution in [3.63, 3.8) is 0 Å². The highest BCUT2D eigenvalue weighted by atomic mass is 16.6. The Morgan fingerprint density at radius 2 is 1.73 bits per heavy atom. The van der Waals surface area contributed by atoms with Crippen LogP contribution in [-0.2, 0) is 0 Å². The van der Waals surface area contributed by atoms with Gasteiger partial charge >= 0.3 is 0 Å². The van der Waals surface area contributed by atoms with Crippen LogP contribution in [-0.4, -0.2) is 38.8 Å². The quantitative estimate of drug-likeness (QED) is 0.251. The molecule has 0 atom stereocenters. The molecule has 7 N–H and O–H groups in total. The van der Waals surface area contributed by atoms with Crippen LogP contribution in [0.3, 0.4) is 0 Å². The lowest BCUT2D eigenvalue weighted by Gasteiger charge is -2.31. The lowest BCUT2D eigenvalue weighted by Crippen LogP contribution is -2.68. The van der Waals surface area contributed by atoms with Crippen molar-refractivity contribution in [2.75, 3.05) is 6.54 Å². The van der Waals surface area contributed by atoms with E-state index < -0.39 is 11.8 Å². The van der Waals surface area contributed by atoms with Gasteiger partial charge < -0.3 is 20.4 Å². The molecule has 0 aliphatic heterocycles. The van der Waals surface area contributed by atoms with Crippen molar-refractivity contribution in [1.82, 2.24) is 5.32 Å². The molecule has 0 saturated heterocycles. The van der Waals surface area contributed by atoms with E-state index >= 15 is 0 Å². The van der Waals surface area contributed by atoms with Gasteiger partial charge in [-0.2, -0.15) is 0 Å². The number of rotatable bonds is 4. The van der Waals surface area contributed by atoms with E-state index in [9.17, 15) is 0 Å². The maximum atomic E-state index is 8.80. The van der Waals surface area contributed by atoms with Crippen LogP contribution in [0.15, 0.2) is 0 Å². The lowest BCUT2D eigenvalue weighted by atomic mass is 10.3. The zero-order valence-electron chi connectivity index (χ0n) is 6.28. The summed E-state index contributed by atoms with van der Waals surface area (Å²) >= 11 is 0. The highest BCUT2D eigenvalue weighted by molar-refractivity contribution is 4.73. The first-order chi connectivity index (χ1) is 4.81. The van der Waals surface area contributed by atoms with Crippen molar-refractivity contribution >= 4 is 0 Å². The van der Waals surface area contributed by atoms with E-state index in [1.807, 2.05) is 5.32 Å². The Kier molecular flexibility index (Phi) is 3.36. The van der Waals surface area contributed by atoms with Gasteiger partial charge in [0.05, 0.1) is 0 Å². The minimum atomic E-state index is -3.05. The molecule has 0 aromatic rings. The minimum Gasteiger partial charge on any atom is -0.348 e. The van der Waals surface area contributed by atoms with E-state index in [1.54, 1.807) is 6.92 Å². The van der Waals surface area contributed by atoms with Crippen molar-refractivity contribution < 1.29 is 20.4 Å². The van der Waals surface area contributed by atoms with Crippen LogP contribution in [0.2, 0.25) is 0 Å². The molecule has 0 saturated carbocycles. The van der Waals surface area contributed by atoms with Crippen molar-refractivity contribution in [2.45, 2.75) is 25.2 Å². The number of hydrogen-bond acceptors (Lipinski definition) is 6. The normalized spacial score (nSPS) is 13.6. The molecule has 68 valence electrons. The van der Waals surface area contributed by atoms with E-state index in [0.29, 0.717) is 6.42 Å². The first-order valence-corrected chi connectivity index (χ1v) is 3.24. The van der Waals surface area contributed by atoms with Crippen molar-refractivity contribution in [2.24, 2.45) is 5.73 Å². The number of hydrogen-bond donors (Lipinski definition) is 6. The van der Waals surface area contributed by atoms with Gasteiger partial charge in [-0.15, -0.1) is 0 Å². The number of nitrogens with one attached hydrogen (secondary N) is 1. The van der Waals surface area contributed by atoms with E-state index in [-0.39, 0.29) is 6.54 Å². The van der Waals surface area contributed by atoms with E-state index in [0.717, 1.165) is 0 Å². The number of aliphatic hydroxyl groups is 4. The molecule has 0 bridgehead atoms. The fourth-order valence-corrected chi connectivity index (χ4v) is 0.429. The Labute approximate surface area is 64.3 Å². The molecule has 0 aromatic heterocycles. The summed E-state index contributed by atoms with van der Waals surface area (Å²) in [6, 6.07) is 0. The Bertz CT molecular complexity index is 120. The molecule has 0 aliphatic carbocycles. The van der Waals surface area contributed by atoms with Crippen LogP contribution >= 0.6 is 0 Å². The van der Waals surface area contributed by atoms with Crippen LogP contribution in [0.1, 0.15) is 13.3 Å². The average Bonchev–Trinajstić information content (AvgIpc) is 1.81. The van der Waals surface area contributed by atoms with Crippen molar-refractivity contribution in [3.05, 3.63) is 0 Å². The lowest BCUT2D eigenvalue weighted by molar-refractivity contribution is -0.367. The number of nitrogens with two attached hydrogens (primary N) is 1. The predicted octanol–water partition coefficient (Wildman–Crippen LogP) is -2.78. The Morgan fingerprint density at radius 3 is 2.00 bits per heavy atom. The van der Waals surface area contributed by atoms with E-state index in [4.69, 9.17) is 20.4 Å². The SMILES string of the molecule is CCCNC(O)(O)C(N)(O)O. The van der Waals surface area contributed by atoms with Crippen LogP contribution in [0.5, 0.6) is 0 Å². The molecule has 0 unspecified atom stereocenters. The minimum absolute atomic E-state index is 0.215. The van der Waals surface area contributed by atoms with Gasteiger partial charge in [0.25, 0.3) is 11.8 Å². The maximum absolute atomic E-state index is 8.80. The van der Waals surface area contributed by atoms with Gasteiger partial charge in [-0.1, -0.05) is 6.92 Å². The molecule has 6 heteroatoms. The topological polar surface area (TPSA) is 119 Å². The van der Waals surface area contributed by atoms with Crippen LogP contribution in [0.25, 0.3) is 0 Å². The van der Waals surface area contributed by atoms with Gasteiger partial charge in [-0.05, 0) is 6.42 Å². The highest BCUT2D eigenvalue weighted by Gasteiger charge is 2.43. The van der Waals surface area contributed by atoms with Gasteiger partial charge in [0, 0.05) is 6.54 Å². The largest absolute Gasteiger partial charge is 0.348 e. The second-order valence-electron chi connectivity index (χ2n) is 2.33. The molecule has 11 heavy (non-hydrogen) atoms. The summed E-state index contributed by atoms with van der Waals surface area (Å²) in [5.41, 5.74) is 4.60. The standard InChI is InChI=1S/C5H14N2O4/c1-2-3-7-5(10,11)4(6,8)9/h7-11H,2-3,6H2,1H3. The third-order valence-corrected chi connectivity index (χ3v) is 1.13. The molecule has 0 heterocycles. The third-order valence-electron chi connectivity index (χ3n) is 1.13. The van der Waals surface area contributed by atoms with Crippen molar-refractivity contribution in [1.29, 1.82) is 0 Å². The maximum Gasteiger partial charge on any atom is 0.295 e. The van der Waals surface area contributed by atoms with Gasteiger partial charge in [-0.25, -0.2) is 0 Å². The van der Waals surface area contributed by atoms with E-state index in [1.165, 1.54) is 0 Å². The molecule has 0 aliphatic rings. The first-order valence-electron chi connectivity index (χ1n) is 3.24. The van der Waals surface area contributed by atoms with Crippen LogP contribution in [0.4, 0.5) is 0 Å². The fraction of sp³-hybridized carbons (Fsp3) is 1.00. The molecule has 6 nitrogen and oxygen atoms in total. The monoisotopic (exact) mass is 166 g/mol. The molecule has 0 rings (SSSR count). The second kappa shape index (κ2) is 3.44. The van der Waals surface area contributed by atoms with Gasteiger partial charge in [0.15, 0.2) is 0 Å². The van der Waals surface area contributed by atoms with E-state index in [2.05, 4.69) is 5.73 Å². The van der Waals surface area contributed by atoms with Gasteiger partial charge in [0.2, 0.25) is 0 Å². The van der Waals surface area contributed by atoms with Gasteiger partial charge in [0.1, 0.15) is 0 Å². The first kappa shape index (κ1) is 10.8. The van der Waals surface area contributed by atoms with Crippen molar-refractivity contribution in [3.8, 4) is 0 Å². The average molecular weight is 166 g/mol. The summed E-state index contributed by atoms with van der Waals surface area (Å²) in [5, 5.41) is 36.7. The molecule has 0 spiro atoms. The highest BCUT2D eigenvalue weighted by Crippen LogP contribution is 2.06. The van der Waals surface area contributed by atoms with Crippen LogP contribution in [0, 0.1) is 0 Å². The second-order valence-corrected chi connectivity index (χ2v) is 2.33. The third kappa shape index (κ3) is 3.10. The Hall–Kier alpha value is -0.240.